The number of phenolic OH excluding ortho intramolecular Hbond substituents is 1. The molecule has 0 fully saturated rings. The van der Waals surface area contributed by atoms with Crippen LogP contribution in [0.5, 0.6) is 11.6 Å². The molecule has 0 aliphatic heterocycles. The van der Waals surface area contributed by atoms with Gasteiger partial charge in [0.15, 0.2) is 0 Å². The zero-order valence-corrected chi connectivity index (χ0v) is 11.1. The fourth-order valence-electron chi connectivity index (χ4n) is 2.03. The third-order valence-electron chi connectivity index (χ3n) is 3.01. The smallest absolute Gasteiger partial charge is 0.237 e. The van der Waals surface area contributed by atoms with Crippen LogP contribution < -0.4 is 10.1 Å². The molecule has 4 heteroatoms. The van der Waals surface area contributed by atoms with Crippen molar-refractivity contribution in [3.8, 4) is 11.6 Å². The van der Waals surface area contributed by atoms with Gasteiger partial charge in [-0.05, 0) is 24.6 Å². The van der Waals surface area contributed by atoms with Crippen molar-refractivity contribution in [3.63, 3.8) is 0 Å². The van der Waals surface area contributed by atoms with E-state index in [4.69, 9.17) is 4.74 Å². The monoisotopic (exact) mass is 258 g/mol. The Hall–Kier alpha value is -2.23. The third-order valence-corrected chi connectivity index (χ3v) is 3.01. The molecule has 0 saturated carbocycles. The zero-order chi connectivity index (χ0) is 13.7. The number of hydrogen-bond donors (Lipinski definition) is 2. The molecular weight excluding hydrogens is 240 g/mol. The first-order valence-corrected chi connectivity index (χ1v) is 6.29. The van der Waals surface area contributed by atoms with Crippen molar-refractivity contribution >= 4 is 5.69 Å². The molecule has 1 atom stereocenters. The van der Waals surface area contributed by atoms with Crippen molar-refractivity contribution in [3.05, 3.63) is 48.2 Å². The minimum absolute atomic E-state index is 0.0132. The Labute approximate surface area is 113 Å². The topological polar surface area (TPSA) is 54.4 Å². The fraction of sp³-hybridized carbons (Fsp3) is 0.267. The average molecular weight is 258 g/mol. The van der Waals surface area contributed by atoms with E-state index in [0.717, 1.165) is 17.7 Å². The predicted molar refractivity (Wildman–Crippen MR) is 75.6 cm³/mol. The van der Waals surface area contributed by atoms with Gasteiger partial charge < -0.3 is 15.2 Å². The molecule has 0 radical (unpaired) electrons. The van der Waals surface area contributed by atoms with Crippen molar-refractivity contribution in [1.82, 2.24) is 4.98 Å². The Kier molecular flexibility index (Phi) is 4.23. The Morgan fingerprint density at radius 3 is 2.74 bits per heavy atom. The van der Waals surface area contributed by atoms with Gasteiger partial charge in [-0.15, -0.1) is 0 Å². The largest absolute Gasteiger partial charge is 0.508 e. The molecule has 2 N–H and O–H groups in total. The molecule has 4 nitrogen and oxygen atoms in total. The van der Waals surface area contributed by atoms with Crippen molar-refractivity contribution in [1.29, 1.82) is 0 Å². The molecule has 0 bridgehead atoms. The first-order valence-electron chi connectivity index (χ1n) is 6.29. The molecule has 1 heterocycles. The maximum absolute atomic E-state index is 9.93. The van der Waals surface area contributed by atoms with Crippen LogP contribution in [0.15, 0.2) is 42.6 Å². The summed E-state index contributed by atoms with van der Waals surface area (Å²) < 4.78 is 5.22. The molecule has 0 spiro atoms. The first-order chi connectivity index (χ1) is 9.26. The molecule has 0 aliphatic carbocycles. The average Bonchev–Trinajstić information content (AvgIpc) is 2.46. The summed E-state index contributed by atoms with van der Waals surface area (Å²) in [6.45, 7) is 2.06. The highest BCUT2D eigenvalue weighted by Crippen LogP contribution is 2.31. The van der Waals surface area contributed by atoms with Crippen LogP contribution in [0.3, 0.4) is 0 Å². The quantitative estimate of drug-likeness (QED) is 0.863. The molecular formula is C15H18N2O2. The van der Waals surface area contributed by atoms with Gasteiger partial charge in [0.25, 0.3) is 0 Å². The first kappa shape index (κ1) is 13.2. The minimum Gasteiger partial charge on any atom is -0.508 e. The van der Waals surface area contributed by atoms with Crippen molar-refractivity contribution in [2.75, 3.05) is 12.4 Å². The van der Waals surface area contributed by atoms with Gasteiger partial charge >= 0.3 is 0 Å². The maximum atomic E-state index is 9.93. The third kappa shape index (κ3) is 2.96. The number of hydrogen-bond acceptors (Lipinski definition) is 4. The van der Waals surface area contributed by atoms with Crippen molar-refractivity contribution in [2.24, 2.45) is 0 Å². The van der Waals surface area contributed by atoms with Crippen molar-refractivity contribution < 1.29 is 9.84 Å². The van der Waals surface area contributed by atoms with E-state index in [2.05, 4.69) is 17.2 Å². The number of anilines is 1. The van der Waals surface area contributed by atoms with Crippen LogP contribution in [-0.4, -0.2) is 17.2 Å². The van der Waals surface area contributed by atoms with E-state index in [0.29, 0.717) is 11.6 Å². The predicted octanol–water partition coefficient (Wildman–Crippen LogP) is 3.36. The summed E-state index contributed by atoms with van der Waals surface area (Å²) in [4.78, 5) is 4.15. The van der Waals surface area contributed by atoms with Crippen LogP contribution in [0.4, 0.5) is 5.69 Å². The highest BCUT2D eigenvalue weighted by atomic mass is 16.5. The molecule has 0 saturated heterocycles. The summed E-state index contributed by atoms with van der Waals surface area (Å²) in [6, 6.07) is 11.1. The molecule has 0 amide bonds. The van der Waals surface area contributed by atoms with Gasteiger partial charge in [0.1, 0.15) is 5.75 Å². The number of aromatic nitrogens is 1. The highest BCUT2D eigenvalue weighted by Gasteiger charge is 2.15. The number of rotatable bonds is 5. The molecule has 1 aromatic heterocycles. The Morgan fingerprint density at radius 1 is 1.26 bits per heavy atom. The van der Waals surface area contributed by atoms with E-state index in [1.165, 1.54) is 0 Å². The standard InChI is InChI=1S/C15H18N2O2/c1-3-12(11-7-4-5-9-14(11)18)17-13-8-6-10-16-15(13)19-2/h4-10,12,17-18H,3H2,1-2H3. The highest BCUT2D eigenvalue weighted by molar-refractivity contribution is 5.54. The number of methoxy groups -OCH3 is 1. The number of nitrogens with zero attached hydrogens (tertiary/aromatic N) is 1. The number of aromatic hydroxyl groups is 1. The summed E-state index contributed by atoms with van der Waals surface area (Å²) >= 11 is 0. The zero-order valence-electron chi connectivity index (χ0n) is 11.1. The van der Waals surface area contributed by atoms with Crippen LogP contribution in [-0.2, 0) is 0 Å². The second-order valence-electron chi connectivity index (χ2n) is 4.22. The van der Waals surface area contributed by atoms with Gasteiger partial charge in [-0.3, -0.25) is 0 Å². The fourth-order valence-corrected chi connectivity index (χ4v) is 2.03. The maximum Gasteiger partial charge on any atom is 0.237 e. The lowest BCUT2D eigenvalue weighted by atomic mass is 10.0. The molecule has 1 aromatic carbocycles. The molecule has 1 unspecified atom stereocenters. The summed E-state index contributed by atoms with van der Waals surface area (Å²) in [5.74, 6) is 0.848. The van der Waals surface area contributed by atoms with E-state index >= 15 is 0 Å². The molecule has 0 aliphatic rings. The Morgan fingerprint density at radius 2 is 2.05 bits per heavy atom. The number of para-hydroxylation sites is 1. The van der Waals surface area contributed by atoms with Crippen LogP contribution >= 0.6 is 0 Å². The SMILES string of the molecule is CCC(Nc1cccnc1OC)c1ccccc1O. The van der Waals surface area contributed by atoms with Gasteiger partial charge in [0.2, 0.25) is 5.88 Å². The van der Waals surface area contributed by atoms with Gasteiger partial charge in [-0.1, -0.05) is 25.1 Å². The van der Waals surface area contributed by atoms with Crippen LogP contribution in [0.1, 0.15) is 24.9 Å². The van der Waals surface area contributed by atoms with Crippen LogP contribution in [0, 0.1) is 0 Å². The lowest BCUT2D eigenvalue weighted by Gasteiger charge is -2.20. The summed E-state index contributed by atoms with van der Waals surface area (Å²) in [6.07, 6.45) is 2.53. The van der Waals surface area contributed by atoms with Crippen molar-refractivity contribution in [2.45, 2.75) is 19.4 Å². The van der Waals surface area contributed by atoms with Crippen LogP contribution in [0.2, 0.25) is 0 Å². The number of phenols is 1. The summed E-state index contributed by atoms with van der Waals surface area (Å²) in [7, 11) is 1.59. The second kappa shape index (κ2) is 6.09. The van der Waals surface area contributed by atoms with E-state index in [1.807, 2.05) is 30.3 Å². The summed E-state index contributed by atoms with van der Waals surface area (Å²) in [5, 5.41) is 13.3. The Bertz CT molecular complexity index is 543. The lowest BCUT2D eigenvalue weighted by molar-refractivity contribution is 0.399. The van der Waals surface area contributed by atoms with Gasteiger partial charge in [0.05, 0.1) is 18.8 Å². The molecule has 2 rings (SSSR count). The number of benzene rings is 1. The summed E-state index contributed by atoms with van der Waals surface area (Å²) in [5.41, 5.74) is 1.69. The lowest BCUT2D eigenvalue weighted by Crippen LogP contribution is -2.11. The normalized spacial score (nSPS) is 11.9. The van der Waals surface area contributed by atoms with E-state index in [-0.39, 0.29) is 6.04 Å². The van der Waals surface area contributed by atoms with Gasteiger partial charge in [0, 0.05) is 11.8 Å². The number of pyridine rings is 1. The van der Waals surface area contributed by atoms with Gasteiger partial charge in [-0.2, -0.15) is 0 Å². The number of nitrogens with one attached hydrogen (secondary N) is 1. The number of ether oxygens (including phenoxy) is 1. The Balaban J connectivity index is 2.27. The van der Waals surface area contributed by atoms with E-state index in [9.17, 15) is 5.11 Å². The molecule has 19 heavy (non-hydrogen) atoms. The minimum atomic E-state index is 0.0132. The van der Waals surface area contributed by atoms with Gasteiger partial charge in [-0.25, -0.2) is 4.98 Å². The molecule has 100 valence electrons. The van der Waals surface area contributed by atoms with E-state index in [1.54, 1.807) is 19.4 Å². The van der Waals surface area contributed by atoms with Crippen LogP contribution in [0.25, 0.3) is 0 Å². The van der Waals surface area contributed by atoms with E-state index < -0.39 is 0 Å². The molecule has 2 aromatic rings. The second-order valence-corrected chi connectivity index (χ2v) is 4.22.